The molecular weight excluding hydrogens is 338 g/mol. The monoisotopic (exact) mass is 351 g/mol. The van der Waals surface area contributed by atoms with Crippen LogP contribution in [0.25, 0.3) is 0 Å². The standard InChI is InChI=1S/C16H15BrClNO/c1-19(10-9-12-5-3-2-4-6-12)16(20)14-8-7-13(18)11-15(14)17/h2-8,11H,9-10H2,1H3. The van der Waals surface area contributed by atoms with Crippen LogP contribution in [0, 0.1) is 0 Å². The van der Waals surface area contributed by atoms with Crippen LogP contribution >= 0.6 is 27.5 Å². The van der Waals surface area contributed by atoms with Crippen molar-refractivity contribution in [1.82, 2.24) is 4.90 Å². The zero-order valence-electron chi connectivity index (χ0n) is 11.1. The van der Waals surface area contributed by atoms with E-state index in [4.69, 9.17) is 11.6 Å². The van der Waals surface area contributed by atoms with E-state index in [2.05, 4.69) is 28.1 Å². The highest BCUT2D eigenvalue weighted by atomic mass is 79.9. The molecule has 0 bridgehead atoms. The lowest BCUT2D eigenvalue weighted by Crippen LogP contribution is -2.29. The van der Waals surface area contributed by atoms with E-state index >= 15 is 0 Å². The van der Waals surface area contributed by atoms with Gasteiger partial charge in [-0.05, 0) is 46.1 Å². The molecule has 0 atom stereocenters. The van der Waals surface area contributed by atoms with Gasteiger partial charge in [-0.1, -0.05) is 41.9 Å². The molecule has 4 heteroatoms. The summed E-state index contributed by atoms with van der Waals surface area (Å²) < 4.78 is 0.724. The maximum absolute atomic E-state index is 12.4. The van der Waals surface area contributed by atoms with Gasteiger partial charge in [0.25, 0.3) is 5.91 Å². The Balaban J connectivity index is 2.01. The fraction of sp³-hybridized carbons (Fsp3) is 0.188. The first kappa shape index (κ1) is 15.1. The Labute approximate surface area is 132 Å². The van der Waals surface area contributed by atoms with Gasteiger partial charge in [0, 0.05) is 23.1 Å². The van der Waals surface area contributed by atoms with Crippen molar-refractivity contribution >= 4 is 33.4 Å². The Morgan fingerprint density at radius 2 is 1.90 bits per heavy atom. The van der Waals surface area contributed by atoms with Crippen LogP contribution in [-0.4, -0.2) is 24.4 Å². The average molecular weight is 353 g/mol. The Morgan fingerprint density at radius 1 is 1.20 bits per heavy atom. The van der Waals surface area contributed by atoms with E-state index in [9.17, 15) is 4.79 Å². The molecule has 2 rings (SSSR count). The van der Waals surface area contributed by atoms with Crippen molar-refractivity contribution in [2.24, 2.45) is 0 Å². The topological polar surface area (TPSA) is 20.3 Å². The van der Waals surface area contributed by atoms with Gasteiger partial charge in [0.2, 0.25) is 0 Å². The van der Waals surface area contributed by atoms with E-state index in [1.54, 1.807) is 23.1 Å². The molecule has 0 aromatic heterocycles. The highest BCUT2D eigenvalue weighted by molar-refractivity contribution is 9.10. The van der Waals surface area contributed by atoms with Gasteiger partial charge in [-0.15, -0.1) is 0 Å². The molecule has 2 aromatic rings. The van der Waals surface area contributed by atoms with Gasteiger partial charge in [-0.2, -0.15) is 0 Å². The minimum Gasteiger partial charge on any atom is -0.341 e. The van der Waals surface area contributed by atoms with Crippen LogP contribution < -0.4 is 0 Å². The SMILES string of the molecule is CN(CCc1ccccc1)C(=O)c1ccc(Cl)cc1Br. The Kier molecular flexibility index (Phi) is 5.21. The van der Waals surface area contributed by atoms with Crippen molar-refractivity contribution < 1.29 is 4.79 Å². The smallest absolute Gasteiger partial charge is 0.254 e. The zero-order valence-corrected chi connectivity index (χ0v) is 13.5. The summed E-state index contributed by atoms with van der Waals surface area (Å²) in [6.07, 6.45) is 0.842. The lowest BCUT2D eigenvalue weighted by atomic mass is 10.1. The van der Waals surface area contributed by atoms with Crippen molar-refractivity contribution in [2.75, 3.05) is 13.6 Å². The van der Waals surface area contributed by atoms with Gasteiger partial charge in [0.05, 0.1) is 5.56 Å². The largest absolute Gasteiger partial charge is 0.341 e. The van der Waals surface area contributed by atoms with E-state index in [0.29, 0.717) is 17.1 Å². The van der Waals surface area contributed by atoms with Crippen LogP contribution in [0.5, 0.6) is 0 Å². The van der Waals surface area contributed by atoms with Crippen molar-refractivity contribution in [3.05, 3.63) is 69.2 Å². The molecular formula is C16H15BrClNO. The quantitative estimate of drug-likeness (QED) is 0.798. The fourth-order valence-electron chi connectivity index (χ4n) is 1.91. The highest BCUT2D eigenvalue weighted by Gasteiger charge is 2.14. The van der Waals surface area contributed by atoms with E-state index in [-0.39, 0.29) is 5.91 Å². The molecule has 2 nitrogen and oxygen atoms in total. The fourth-order valence-corrected chi connectivity index (χ4v) is 2.76. The van der Waals surface area contributed by atoms with E-state index in [1.165, 1.54) is 5.56 Å². The predicted octanol–water partition coefficient (Wildman–Crippen LogP) is 4.42. The first-order chi connectivity index (χ1) is 9.58. The molecule has 0 unspecified atom stereocenters. The Morgan fingerprint density at radius 3 is 2.55 bits per heavy atom. The number of hydrogen-bond donors (Lipinski definition) is 0. The average Bonchev–Trinajstić information content (AvgIpc) is 2.45. The summed E-state index contributed by atoms with van der Waals surface area (Å²) >= 11 is 9.27. The van der Waals surface area contributed by atoms with Gasteiger partial charge in [0.15, 0.2) is 0 Å². The third kappa shape index (κ3) is 3.84. The third-order valence-corrected chi connectivity index (χ3v) is 3.98. The molecule has 0 N–H and O–H groups in total. The first-order valence-corrected chi connectivity index (χ1v) is 7.49. The number of nitrogens with zero attached hydrogens (tertiary/aromatic N) is 1. The molecule has 20 heavy (non-hydrogen) atoms. The van der Waals surface area contributed by atoms with Gasteiger partial charge in [-0.3, -0.25) is 4.79 Å². The molecule has 1 amide bonds. The zero-order chi connectivity index (χ0) is 14.5. The predicted molar refractivity (Wildman–Crippen MR) is 86.3 cm³/mol. The molecule has 104 valence electrons. The summed E-state index contributed by atoms with van der Waals surface area (Å²) in [5.41, 5.74) is 1.85. The van der Waals surface area contributed by atoms with Crippen LogP contribution in [0.4, 0.5) is 0 Å². The summed E-state index contributed by atoms with van der Waals surface area (Å²) in [6, 6.07) is 15.3. The number of rotatable bonds is 4. The van der Waals surface area contributed by atoms with E-state index in [1.807, 2.05) is 25.2 Å². The Bertz CT molecular complexity index is 601. The highest BCUT2D eigenvalue weighted by Crippen LogP contribution is 2.22. The molecule has 2 aromatic carbocycles. The van der Waals surface area contributed by atoms with Gasteiger partial charge in [0.1, 0.15) is 0 Å². The lowest BCUT2D eigenvalue weighted by Gasteiger charge is -2.18. The summed E-state index contributed by atoms with van der Waals surface area (Å²) in [5.74, 6) is -0.00975. The molecule has 0 aliphatic carbocycles. The van der Waals surface area contributed by atoms with E-state index < -0.39 is 0 Å². The normalized spacial score (nSPS) is 10.3. The maximum atomic E-state index is 12.4. The number of benzene rings is 2. The number of halogens is 2. The summed E-state index contributed by atoms with van der Waals surface area (Å²) in [6.45, 7) is 0.678. The number of carbonyl (C=O) groups excluding carboxylic acids is 1. The van der Waals surface area contributed by atoms with Crippen molar-refractivity contribution in [2.45, 2.75) is 6.42 Å². The maximum Gasteiger partial charge on any atom is 0.254 e. The first-order valence-electron chi connectivity index (χ1n) is 6.32. The van der Waals surface area contributed by atoms with Crippen LogP contribution in [0.1, 0.15) is 15.9 Å². The van der Waals surface area contributed by atoms with Crippen molar-refractivity contribution in [3.8, 4) is 0 Å². The van der Waals surface area contributed by atoms with Crippen LogP contribution in [0.15, 0.2) is 53.0 Å². The number of amides is 1. The number of carbonyl (C=O) groups is 1. The Hall–Kier alpha value is -1.32. The van der Waals surface area contributed by atoms with Crippen molar-refractivity contribution in [1.29, 1.82) is 0 Å². The second-order valence-electron chi connectivity index (χ2n) is 4.59. The molecule has 0 heterocycles. The summed E-state index contributed by atoms with van der Waals surface area (Å²) in [5, 5.41) is 0.611. The van der Waals surface area contributed by atoms with Crippen LogP contribution in [0.2, 0.25) is 5.02 Å². The van der Waals surface area contributed by atoms with Gasteiger partial charge in [-0.25, -0.2) is 0 Å². The minimum absolute atomic E-state index is 0.00975. The molecule has 0 radical (unpaired) electrons. The molecule has 0 saturated carbocycles. The molecule has 0 saturated heterocycles. The van der Waals surface area contributed by atoms with E-state index in [0.717, 1.165) is 10.9 Å². The second-order valence-corrected chi connectivity index (χ2v) is 5.88. The third-order valence-electron chi connectivity index (χ3n) is 3.09. The van der Waals surface area contributed by atoms with Gasteiger partial charge < -0.3 is 4.90 Å². The van der Waals surface area contributed by atoms with Crippen molar-refractivity contribution in [3.63, 3.8) is 0 Å². The van der Waals surface area contributed by atoms with Crippen LogP contribution in [-0.2, 0) is 6.42 Å². The summed E-state index contributed by atoms with van der Waals surface area (Å²) in [4.78, 5) is 14.1. The molecule has 0 spiro atoms. The summed E-state index contributed by atoms with van der Waals surface area (Å²) in [7, 11) is 1.81. The molecule has 0 aliphatic heterocycles. The minimum atomic E-state index is -0.00975. The second kappa shape index (κ2) is 6.91. The van der Waals surface area contributed by atoms with Crippen LogP contribution in [0.3, 0.4) is 0 Å². The molecule has 0 fully saturated rings. The van der Waals surface area contributed by atoms with Gasteiger partial charge >= 0.3 is 0 Å². The number of likely N-dealkylation sites (N-methyl/N-ethyl adjacent to an activating group) is 1. The lowest BCUT2D eigenvalue weighted by molar-refractivity contribution is 0.0796. The molecule has 0 aliphatic rings. The number of hydrogen-bond acceptors (Lipinski definition) is 1.